The van der Waals surface area contributed by atoms with Gasteiger partial charge in [-0.1, -0.05) is 0 Å². The van der Waals surface area contributed by atoms with Gasteiger partial charge >= 0.3 is 18.0 Å². The zero-order valence-corrected chi connectivity index (χ0v) is 10.3. The summed E-state index contributed by atoms with van der Waals surface area (Å²) in [5.74, 6) is -1.80. The minimum atomic E-state index is -1.40. The normalized spacial score (nSPS) is 13.3. The number of carboxylic acids is 1. The molecule has 8 nitrogen and oxygen atoms in total. The Morgan fingerprint density at radius 2 is 1.94 bits per heavy atom. The third kappa shape index (κ3) is 6.69. The summed E-state index contributed by atoms with van der Waals surface area (Å²) in [6.07, 6.45) is -1.23. The number of aliphatic hydroxyl groups is 1. The molecule has 4 N–H and O–H groups in total. The number of carboxylic acid groups (broad SMARTS) is 1. The van der Waals surface area contributed by atoms with Crippen molar-refractivity contribution in [1.82, 2.24) is 10.6 Å². The van der Waals surface area contributed by atoms with Gasteiger partial charge in [0.1, 0.15) is 0 Å². The average Bonchev–Trinajstić information content (AvgIpc) is 2.25. The van der Waals surface area contributed by atoms with Gasteiger partial charge in [-0.3, -0.25) is 4.79 Å². The van der Waals surface area contributed by atoms with Crippen molar-refractivity contribution in [3.05, 3.63) is 0 Å². The molecule has 2 unspecified atom stereocenters. The molecule has 0 heterocycles. The third-order valence-corrected chi connectivity index (χ3v) is 1.96. The first-order valence-electron chi connectivity index (χ1n) is 5.49. The van der Waals surface area contributed by atoms with Crippen LogP contribution >= 0.6 is 0 Å². The molecule has 0 saturated carbocycles. The summed E-state index contributed by atoms with van der Waals surface area (Å²) in [5.41, 5.74) is 0. The Labute approximate surface area is 104 Å². The maximum absolute atomic E-state index is 11.3. The summed E-state index contributed by atoms with van der Waals surface area (Å²) in [4.78, 5) is 32.9. The van der Waals surface area contributed by atoms with E-state index in [0.717, 1.165) is 0 Å². The molecule has 0 radical (unpaired) electrons. The van der Waals surface area contributed by atoms with Gasteiger partial charge in [0.05, 0.1) is 19.1 Å². The third-order valence-electron chi connectivity index (χ3n) is 1.96. The van der Waals surface area contributed by atoms with Crippen LogP contribution in [-0.4, -0.2) is 53.5 Å². The molecule has 2 amide bonds. The molecule has 0 fully saturated rings. The van der Waals surface area contributed by atoms with Crippen molar-refractivity contribution in [3.63, 3.8) is 0 Å². The number of aliphatic hydroxyl groups excluding tert-OH is 1. The average molecular weight is 262 g/mol. The Morgan fingerprint density at radius 1 is 1.33 bits per heavy atom. The van der Waals surface area contributed by atoms with Gasteiger partial charge in [-0.25, -0.2) is 9.59 Å². The van der Waals surface area contributed by atoms with Gasteiger partial charge in [0, 0.05) is 6.54 Å². The minimum absolute atomic E-state index is 0.00627. The summed E-state index contributed by atoms with van der Waals surface area (Å²) in [5, 5.41) is 22.2. The molecule has 2 atom stereocenters. The van der Waals surface area contributed by atoms with Crippen LogP contribution in [0.2, 0.25) is 0 Å². The molecule has 0 aliphatic heterocycles. The minimum Gasteiger partial charge on any atom is -0.480 e. The summed E-state index contributed by atoms with van der Waals surface area (Å²) in [6.45, 7) is 3.20. The van der Waals surface area contributed by atoms with Crippen LogP contribution in [0.4, 0.5) is 4.79 Å². The van der Waals surface area contributed by atoms with Crippen molar-refractivity contribution in [2.75, 3.05) is 13.2 Å². The first-order chi connectivity index (χ1) is 8.38. The van der Waals surface area contributed by atoms with Gasteiger partial charge in [0.25, 0.3) is 0 Å². The van der Waals surface area contributed by atoms with Gasteiger partial charge in [0.2, 0.25) is 0 Å². The second-order valence-electron chi connectivity index (χ2n) is 3.51. The molecular formula is C10H18N2O6. The van der Waals surface area contributed by atoms with Crippen molar-refractivity contribution in [1.29, 1.82) is 0 Å². The smallest absolute Gasteiger partial charge is 0.328 e. The number of esters is 1. The first-order valence-corrected chi connectivity index (χ1v) is 5.49. The monoisotopic (exact) mass is 262 g/mol. The highest BCUT2D eigenvalue weighted by atomic mass is 16.5. The molecule has 0 aliphatic rings. The molecular weight excluding hydrogens is 244 g/mol. The number of amides is 2. The van der Waals surface area contributed by atoms with Gasteiger partial charge in [0.15, 0.2) is 6.04 Å². The van der Waals surface area contributed by atoms with E-state index in [4.69, 9.17) is 10.2 Å². The van der Waals surface area contributed by atoms with Crippen molar-refractivity contribution >= 4 is 18.0 Å². The second kappa shape index (κ2) is 8.29. The molecule has 0 aromatic carbocycles. The van der Waals surface area contributed by atoms with E-state index in [1.165, 1.54) is 6.92 Å². The van der Waals surface area contributed by atoms with E-state index in [-0.39, 0.29) is 19.6 Å². The summed E-state index contributed by atoms with van der Waals surface area (Å²) >= 11 is 0. The molecule has 0 bridgehead atoms. The van der Waals surface area contributed by atoms with Crippen LogP contribution in [0.5, 0.6) is 0 Å². The summed E-state index contributed by atoms with van der Waals surface area (Å²) in [6, 6.07) is -2.17. The van der Waals surface area contributed by atoms with Crippen molar-refractivity contribution < 1.29 is 29.3 Å². The van der Waals surface area contributed by atoms with Gasteiger partial charge < -0.3 is 25.6 Å². The standard InChI is InChI=1S/C10H18N2O6/c1-3-18-7(14)4-5-11-10(17)12-8(6(2)13)9(15)16/h6,8,13H,3-5H2,1-2H3,(H,15,16)(H2,11,12,17). The maximum Gasteiger partial charge on any atom is 0.328 e. The van der Waals surface area contributed by atoms with Crippen molar-refractivity contribution in [3.8, 4) is 0 Å². The van der Waals surface area contributed by atoms with Crippen LogP contribution in [0.15, 0.2) is 0 Å². The number of urea groups is 1. The lowest BCUT2D eigenvalue weighted by Crippen LogP contribution is -2.51. The molecule has 0 saturated heterocycles. The van der Waals surface area contributed by atoms with Crippen LogP contribution in [0.3, 0.4) is 0 Å². The highest BCUT2D eigenvalue weighted by molar-refractivity contribution is 5.83. The SMILES string of the molecule is CCOC(=O)CCNC(=O)NC(C(=O)O)C(C)O. The van der Waals surface area contributed by atoms with E-state index in [2.05, 4.69) is 15.4 Å². The molecule has 8 heteroatoms. The molecule has 0 aromatic rings. The van der Waals surface area contributed by atoms with E-state index in [0.29, 0.717) is 0 Å². The Kier molecular flexibility index (Phi) is 7.45. The van der Waals surface area contributed by atoms with Crippen LogP contribution in [0.1, 0.15) is 20.3 Å². The van der Waals surface area contributed by atoms with E-state index >= 15 is 0 Å². The number of rotatable bonds is 7. The van der Waals surface area contributed by atoms with Crippen molar-refractivity contribution in [2.24, 2.45) is 0 Å². The van der Waals surface area contributed by atoms with E-state index in [1.54, 1.807) is 6.92 Å². The molecule has 18 heavy (non-hydrogen) atoms. The lowest BCUT2D eigenvalue weighted by Gasteiger charge is -2.17. The number of ether oxygens (including phenoxy) is 1. The van der Waals surface area contributed by atoms with Gasteiger partial charge in [-0.05, 0) is 13.8 Å². The van der Waals surface area contributed by atoms with Crippen LogP contribution < -0.4 is 10.6 Å². The Balaban J connectivity index is 3.96. The maximum atomic E-state index is 11.3. The first kappa shape index (κ1) is 16.2. The molecule has 0 spiro atoms. The zero-order chi connectivity index (χ0) is 14.1. The largest absolute Gasteiger partial charge is 0.480 e. The topological polar surface area (TPSA) is 125 Å². The number of nitrogens with one attached hydrogen (secondary N) is 2. The van der Waals surface area contributed by atoms with E-state index in [1.807, 2.05) is 0 Å². The Morgan fingerprint density at radius 3 is 2.39 bits per heavy atom. The summed E-state index contributed by atoms with van der Waals surface area (Å²) in [7, 11) is 0. The van der Waals surface area contributed by atoms with Gasteiger partial charge in [-0.15, -0.1) is 0 Å². The Bertz CT molecular complexity index is 305. The highest BCUT2D eigenvalue weighted by Gasteiger charge is 2.24. The fourth-order valence-corrected chi connectivity index (χ4v) is 1.09. The number of carbonyl (C=O) groups is 3. The fourth-order valence-electron chi connectivity index (χ4n) is 1.09. The van der Waals surface area contributed by atoms with Crippen LogP contribution in [0, 0.1) is 0 Å². The molecule has 0 rings (SSSR count). The number of carbonyl (C=O) groups excluding carboxylic acids is 2. The lowest BCUT2D eigenvalue weighted by molar-refractivity contribution is -0.143. The predicted octanol–water partition coefficient (Wildman–Crippen LogP) is -0.927. The number of hydrogen-bond acceptors (Lipinski definition) is 5. The fraction of sp³-hybridized carbons (Fsp3) is 0.700. The Hall–Kier alpha value is -1.83. The van der Waals surface area contributed by atoms with Crippen LogP contribution in [-0.2, 0) is 14.3 Å². The molecule has 0 aliphatic carbocycles. The second-order valence-corrected chi connectivity index (χ2v) is 3.51. The van der Waals surface area contributed by atoms with E-state index < -0.39 is 30.1 Å². The van der Waals surface area contributed by atoms with Crippen molar-refractivity contribution in [2.45, 2.75) is 32.4 Å². The van der Waals surface area contributed by atoms with Gasteiger partial charge in [-0.2, -0.15) is 0 Å². The number of aliphatic carboxylic acids is 1. The summed E-state index contributed by atoms with van der Waals surface area (Å²) < 4.78 is 4.64. The van der Waals surface area contributed by atoms with Crippen LogP contribution in [0.25, 0.3) is 0 Å². The zero-order valence-electron chi connectivity index (χ0n) is 10.3. The number of hydrogen-bond donors (Lipinski definition) is 4. The van der Waals surface area contributed by atoms with E-state index in [9.17, 15) is 14.4 Å². The molecule has 104 valence electrons. The quantitative estimate of drug-likeness (QED) is 0.439. The predicted molar refractivity (Wildman–Crippen MR) is 60.9 cm³/mol. The lowest BCUT2D eigenvalue weighted by atomic mass is 10.2. The molecule has 0 aromatic heterocycles. The highest BCUT2D eigenvalue weighted by Crippen LogP contribution is 1.93.